The van der Waals surface area contributed by atoms with Gasteiger partial charge in [-0.1, -0.05) is 20.8 Å². The van der Waals surface area contributed by atoms with Crippen LogP contribution in [0, 0.1) is 10.8 Å². The topological polar surface area (TPSA) is 83.7 Å². The Morgan fingerprint density at radius 3 is 2.75 bits per heavy atom. The summed E-state index contributed by atoms with van der Waals surface area (Å²) in [5, 5.41) is 3.71. The van der Waals surface area contributed by atoms with E-state index < -0.39 is 5.97 Å². The molecule has 0 radical (unpaired) electrons. The smallest absolute Gasteiger partial charge is 0.356 e. The number of carbonyl (C=O) groups excluding carboxylic acids is 2. The number of hydrogen-bond acceptors (Lipinski definition) is 5. The van der Waals surface area contributed by atoms with Crippen LogP contribution in [0.4, 0.5) is 5.69 Å². The van der Waals surface area contributed by atoms with Gasteiger partial charge in [0.2, 0.25) is 5.91 Å². The van der Waals surface area contributed by atoms with E-state index in [4.69, 9.17) is 9.47 Å². The second kappa shape index (κ2) is 8.43. The number of anilines is 1. The molecule has 1 saturated heterocycles. The lowest BCUT2D eigenvalue weighted by atomic mass is 9.65. The van der Waals surface area contributed by atoms with E-state index in [0.29, 0.717) is 34.7 Å². The quantitative estimate of drug-likeness (QED) is 0.615. The first-order chi connectivity index (χ1) is 15.1. The Bertz CT molecular complexity index is 1030. The third kappa shape index (κ3) is 4.49. The van der Waals surface area contributed by atoms with Gasteiger partial charge in [0.25, 0.3) is 0 Å². The number of H-pyrrole nitrogens is 1. The molecule has 1 aliphatic carbocycles. The molecule has 1 amide bonds. The van der Waals surface area contributed by atoms with Crippen molar-refractivity contribution in [3.63, 3.8) is 0 Å². The molecule has 2 atom stereocenters. The van der Waals surface area contributed by atoms with Crippen molar-refractivity contribution in [2.24, 2.45) is 10.8 Å². The number of nitrogens with zero attached hydrogens (tertiary/aromatic N) is 1. The van der Waals surface area contributed by atoms with Gasteiger partial charge < -0.3 is 19.8 Å². The van der Waals surface area contributed by atoms with Crippen LogP contribution in [0.15, 0.2) is 18.2 Å². The van der Waals surface area contributed by atoms with Gasteiger partial charge in [0.05, 0.1) is 19.4 Å². The zero-order valence-electron chi connectivity index (χ0n) is 19.8. The molecule has 1 aromatic carbocycles. The lowest BCUT2D eigenvalue weighted by Crippen LogP contribution is -2.35. The number of rotatable bonds is 7. The molecule has 1 saturated carbocycles. The molecule has 2 aliphatic rings. The maximum Gasteiger partial charge on any atom is 0.356 e. The van der Waals surface area contributed by atoms with Gasteiger partial charge in [-0.25, -0.2) is 4.79 Å². The zero-order valence-corrected chi connectivity index (χ0v) is 19.8. The molecular formula is C25H35N3O4. The van der Waals surface area contributed by atoms with Crippen LogP contribution >= 0.6 is 0 Å². The van der Waals surface area contributed by atoms with Crippen molar-refractivity contribution < 1.29 is 19.1 Å². The monoisotopic (exact) mass is 441 g/mol. The number of aromatic amines is 1. The van der Waals surface area contributed by atoms with Crippen LogP contribution in [-0.2, 0) is 9.53 Å². The number of benzene rings is 1. The number of esters is 1. The van der Waals surface area contributed by atoms with E-state index in [9.17, 15) is 9.59 Å². The highest BCUT2D eigenvalue weighted by Gasteiger charge is 2.49. The average Bonchev–Trinajstić information content (AvgIpc) is 3.19. The van der Waals surface area contributed by atoms with Crippen LogP contribution in [0.25, 0.3) is 10.9 Å². The summed E-state index contributed by atoms with van der Waals surface area (Å²) in [7, 11) is 1.59. The van der Waals surface area contributed by atoms with Gasteiger partial charge in [-0.15, -0.1) is 0 Å². The number of hydrogen-bond donors (Lipinski definition) is 2. The van der Waals surface area contributed by atoms with Crippen molar-refractivity contribution >= 4 is 28.5 Å². The number of fused-ring (bicyclic) bond motifs is 3. The Labute approximate surface area is 189 Å². The Morgan fingerprint density at radius 2 is 2.03 bits per heavy atom. The Kier molecular flexibility index (Phi) is 5.96. The minimum absolute atomic E-state index is 0.106. The summed E-state index contributed by atoms with van der Waals surface area (Å²) >= 11 is 0. The predicted octanol–water partition coefficient (Wildman–Crippen LogP) is 4.58. The maximum atomic E-state index is 13.0. The minimum atomic E-state index is -0.485. The van der Waals surface area contributed by atoms with Crippen LogP contribution in [-0.4, -0.2) is 54.6 Å². The van der Waals surface area contributed by atoms with E-state index >= 15 is 0 Å². The molecule has 7 heteroatoms. The molecule has 2 aromatic rings. The lowest BCUT2D eigenvalue weighted by Gasteiger charge is -2.39. The van der Waals surface area contributed by atoms with E-state index in [2.05, 4.69) is 36.0 Å². The van der Waals surface area contributed by atoms with Crippen molar-refractivity contribution in [3.8, 4) is 5.75 Å². The third-order valence-electron chi connectivity index (χ3n) is 6.90. The number of ether oxygens (including phenoxy) is 2. The number of nitrogens with one attached hydrogen (secondary N) is 2. The Hall–Kier alpha value is -2.54. The fourth-order valence-corrected chi connectivity index (χ4v) is 6.07. The normalized spacial score (nSPS) is 24.5. The summed E-state index contributed by atoms with van der Waals surface area (Å²) in [6.45, 7) is 10.9. The van der Waals surface area contributed by atoms with Gasteiger partial charge >= 0.3 is 5.97 Å². The zero-order chi connectivity index (χ0) is 23.1. The first kappa shape index (κ1) is 22.6. The van der Waals surface area contributed by atoms with Crippen LogP contribution in [0.2, 0.25) is 0 Å². The molecule has 2 bridgehead atoms. The highest BCUT2D eigenvalue weighted by Crippen LogP contribution is 2.52. The molecule has 0 spiro atoms. The average molecular weight is 442 g/mol. The molecule has 2 fully saturated rings. The van der Waals surface area contributed by atoms with Crippen molar-refractivity contribution in [1.82, 2.24) is 9.88 Å². The SMILES string of the molecule is CCOC(=O)c1[nH]c2ccc(OC)cc2c1NC(=O)CCN1C[C@]2(C)C[C@@H]1CC(C)(C)C2. The summed E-state index contributed by atoms with van der Waals surface area (Å²) < 4.78 is 10.5. The molecule has 4 rings (SSSR count). The van der Waals surface area contributed by atoms with Crippen LogP contribution in [0.3, 0.4) is 0 Å². The summed E-state index contributed by atoms with van der Waals surface area (Å²) in [6.07, 6.45) is 4.01. The molecule has 174 valence electrons. The van der Waals surface area contributed by atoms with Crippen LogP contribution in [0.5, 0.6) is 5.75 Å². The number of aromatic nitrogens is 1. The Morgan fingerprint density at radius 1 is 1.25 bits per heavy atom. The largest absolute Gasteiger partial charge is 0.497 e. The molecular weight excluding hydrogens is 406 g/mol. The predicted molar refractivity (Wildman–Crippen MR) is 125 cm³/mol. The van der Waals surface area contributed by atoms with E-state index in [1.165, 1.54) is 19.3 Å². The van der Waals surface area contributed by atoms with Crippen molar-refractivity contribution in [3.05, 3.63) is 23.9 Å². The fraction of sp³-hybridized carbons (Fsp3) is 0.600. The van der Waals surface area contributed by atoms with Gasteiger partial charge in [0.15, 0.2) is 0 Å². The molecule has 0 unspecified atom stereocenters. The summed E-state index contributed by atoms with van der Waals surface area (Å²) in [5.41, 5.74) is 2.15. The summed E-state index contributed by atoms with van der Waals surface area (Å²) in [6, 6.07) is 6.01. The summed E-state index contributed by atoms with van der Waals surface area (Å²) in [5.74, 6) is 0.0641. The maximum absolute atomic E-state index is 13.0. The molecule has 32 heavy (non-hydrogen) atoms. The number of amides is 1. The standard InChI is InChI=1S/C25H35N3O4/c1-6-32-23(30)22-21(18-11-17(31-5)7-8-19(18)26-22)27-20(29)9-10-28-15-25(4)13-16(28)12-24(2,3)14-25/h7-8,11,16,26H,6,9-10,12-15H2,1-5H3,(H,27,29)/t16-,25+/m0/s1. The first-order valence-electron chi connectivity index (χ1n) is 11.5. The molecule has 1 aromatic heterocycles. The van der Waals surface area contributed by atoms with Gasteiger partial charge in [-0.2, -0.15) is 0 Å². The van der Waals surface area contributed by atoms with E-state index in [1.54, 1.807) is 14.0 Å². The highest BCUT2D eigenvalue weighted by molar-refractivity contribution is 6.11. The second-order valence-corrected chi connectivity index (χ2v) is 10.5. The van der Waals surface area contributed by atoms with Gasteiger partial charge in [-0.05, 0) is 55.2 Å². The molecule has 2 N–H and O–H groups in total. The molecule has 2 heterocycles. The lowest BCUT2D eigenvalue weighted by molar-refractivity contribution is -0.116. The van der Waals surface area contributed by atoms with Crippen LogP contribution < -0.4 is 10.1 Å². The van der Waals surface area contributed by atoms with Crippen molar-refractivity contribution in [1.29, 1.82) is 0 Å². The van der Waals surface area contributed by atoms with Gasteiger partial charge in [0.1, 0.15) is 11.4 Å². The Balaban J connectivity index is 1.50. The number of carbonyl (C=O) groups is 2. The van der Waals surface area contributed by atoms with Crippen molar-refractivity contribution in [2.45, 2.75) is 59.4 Å². The minimum Gasteiger partial charge on any atom is -0.497 e. The fourth-order valence-electron chi connectivity index (χ4n) is 6.07. The number of methoxy groups -OCH3 is 1. The number of likely N-dealkylation sites (tertiary alicyclic amines) is 1. The van der Waals surface area contributed by atoms with Gasteiger partial charge in [-0.3, -0.25) is 9.69 Å². The summed E-state index contributed by atoms with van der Waals surface area (Å²) in [4.78, 5) is 31.1. The molecule has 7 nitrogen and oxygen atoms in total. The van der Waals surface area contributed by atoms with Crippen LogP contribution in [0.1, 0.15) is 63.9 Å². The van der Waals surface area contributed by atoms with Crippen molar-refractivity contribution in [2.75, 3.05) is 32.1 Å². The highest BCUT2D eigenvalue weighted by atomic mass is 16.5. The third-order valence-corrected chi connectivity index (χ3v) is 6.90. The molecule has 1 aliphatic heterocycles. The van der Waals surface area contributed by atoms with E-state index in [1.807, 2.05) is 18.2 Å². The van der Waals surface area contributed by atoms with E-state index in [0.717, 1.165) is 24.0 Å². The van der Waals surface area contributed by atoms with E-state index in [-0.39, 0.29) is 18.2 Å². The van der Waals surface area contributed by atoms with Gasteiger partial charge in [0, 0.05) is 36.5 Å². The first-order valence-corrected chi connectivity index (χ1v) is 11.5. The second-order valence-electron chi connectivity index (χ2n) is 10.5.